The lowest BCUT2D eigenvalue weighted by atomic mass is 10.2. The van der Waals surface area contributed by atoms with Gasteiger partial charge in [0.05, 0.1) is 36.2 Å². The molecule has 1 atom stereocenters. The summed E-state index contributed by atoms with van der Waals surface area (Å²) in [6.07, 6.45) is 2.37. The maximum Gasteiger partial charge on any atom is 0.0993 e. The molecule has 0 amide bonds. The monoisotopic (exact) mass is 276 g/mol. The number of hydrogen-bond donors (Lipinski definition) is 1. The molecule has 0 saturated carbocycles. The molecule has 18 heavy (non-hydrogen) atoms. The highest BCUT2D eigenvalue weighted by Gasteiger charge is 2.17. The van der Waals surface area contributed by atoms with Gasteiger partial charge in [-0.25, -0.2) is 0 Å². The second kappa shape index (κ2) is 8.48. The van der Waals surface area contributed by atoms with Crippen LogP contribution in [-0.4, -0.2) is 41.8 Å². The number of hydrogen-bond acceptors (Lipinski definition) is 4. The third-order valence-electron chi connectivity index (χ3n) is 2.54. The Morgan fingerprint density at radius 2 is 2.22 bits per heavy atom. The van der Waals surface area contributed by atoms with E-state index in [0.29, 0.717) is 43.5 Å². The van der Waals surface area contributed by atoms with E-state index in [1.54, 1.807) is 18.0 Å². The van der Waals surface area contributed by atoms with E-state index in [1.807, 2.05) is 6.92 Å². The van der Waals surface area contributed by atoms with E-state index in [0.717, 1.165) is 6.42 Å². The van der Waals surface area contributed by atoms with Gasteiger partial charge in [0.2, 0.25) is 0 Å². The van der Waals surface area contributed by atoms with Crippen molar-refractivity contribution in [1.82, 2.24) is 9.78 Å². The fourth-order valence-corrected chi connectivity index (χ4v) is 1.90. The number of methoxy groups -OCH3 is 1. The van der Waals surface area contributed by atoms with Crippen LogP contribution in [0.1, 0.15) is 31.6 Å². The highest BCUT2D eigenvalue weighted by Crippen LogP contribution is 2.25. The van der Waals surface area contributed by atoms with Crippen LogP contribution in [0.15, 0.2) is 6.20 Å². The van der Waals surface area contributed by atoms with Crippen LogP contribution in [0.2, 0.25) is 5.02 Å². The van der Waals surface area contributed by atoms with E-state index in [1.165, 1.54) is 0 Å². The predicted octanol–water partition coefficient (Wildman–Crippen LogP) is 2.03. The Morgan fingerprint density at radius 1 is 1.44 bits per heavy atom. The first-order valence-electron chi connectivity index (χ1n) is 6.16. The maximum absolute atomic E-state index is 10.1. The molecule has 0 aromatic carbocycles. The summed E-state index contributed by atoms with van der Waals surface area (Å²) in [5.74, 6) is 0. The van der Waals surface area contributed by atoms with E-state index in [2.05, 4.69) is 5.10 Å². The molecule has 0 fully saturated rings. The molecule has 1 heterocycles. The molecule has 104 valence electrons. The van der Waals surface area contributed by atoms with Gasteiger partial charge in [0.25, 0.3) is 0 Å². The first-order chi connectivity index (χ1) is 8.70. The van der Waals surface area contributed by atoms with Crippen LogP contribution >= 0.6 is 11.6 Å². The molecule has 0 radical (unpaired) electrons. The van der Waals surface area contributed by atoms with Gasteiger partial charge >= 0.3 is 0 Å². The van der Waals surface area contributed by atoms with Crippen molar-refractivity contribution in [2.45, 2.75) is 32.4 Å². The van der Waals surface area contributed by atoms with Crippen molar-refractivity contribution >= 4 is 11.6 Å². The van der Waals surface area contributed by atoms with E-state index in [9.17, 15) is 5.11 Å². The van der Waals surface area contributed by atoms with Crippen molar-refractivity contribution in [3.8, 4) is 0 Å². The largest absolute Gasteiger partial charge is 0.387 e. The summed E-state index contributed by atoms with van der Waals surface area (Å²) in [5, 5.41) is 14.7. The van der Waals surface area contributed by atoms with E-state index in [4.69, 9.17) is 21.1 Å². The van der Waals surface area contributed by atoms with Gasteiger partial charge in [-0.3, -0.25) is 4.68 Å². The van der Waals surface area contributed by atoms with E-state index in [-0.39, 0.29) is 0 Å². The quantitative estimate of drug-likeness (QED) is 0.701. The molecule has 0 aliphatic heterocycles. The van der Waals surface area contributed by atoms with Gasteiger partial charge in [0.15, 0.2) is 0 Å². The predicted molar refractivity (Wildman–Crippen MR) is 69.8 cm³/mol. The average Bonchev–Trinajstić information content (AvgIpc) is 2.73. The van der Waals surface area contributed by atoms with Gasteiger partial charge < -0.3 is 14.6 Å². The summed E-state index contributed by atoms with van der Waals surface area (Å²) in [6, 6.07) is 0. The molecule has 0 saturated heterocycles. The van der Waals surface area contributed by atoms with Crippen LogP contribution in [0.25, 0.3) is 0 Å². The number of nitrogens with zero attached hydrogens (tertiary/aromatic N) is 2. The van der Waals surface area contributed by atoms with Crippen LogP contribution in [0.5, 0.6) is 0 Å². The Hall–Kier alpha value is -0.620. The molecule has 0 spiro atoms. The molecule has 1 unspecified atom stereocenters. The van der Waals surface area contributed by atoms with Crippen molar-refractivity contribution in [2.75, 3.05) is 26.9 Å². The molecule has 0 bridgehead atoms. The zero-order valence-corrected chi connectivity index (χ0v) is 11.7. The molecule has 5 nitrogen and oxygen atoms in total. The van der Waals surface area contributed by atoms with Gasteiger partial charge in [-0.1, -0.05) is 18.5 Å². The van der Waals surface area contributed by atoms with E-state index < -0.39 is 6.10 Å². The number of aromatic nitrogens is 2. The molecule has 1 aromatic heterocycles. The van der Waals surface area contributed by atoms with Crippen LogP contribution in [0, 0.1) is 0 Å². The third-order valence-corrected chi connectivity index (χ3v) is 2.83. The first-order valence-corrected chi connectivity index (χ1v) is 6.54. The fraction of sp³-hybridized carbons (Fsp3) is 0.750. The lowest BCUT2D eigenvalue weighted by molar-refractivity contribution is 0.0771. The first kappa shape index (κ1) is 15.4. The normalized spacial score (nSPS) is 12.9. The minimum Gasteiger partial charge on any atom is -0.387 e. The zero-order valence-electron chi connectivity index (χ0n) is 10.9. The number of aliphatic hydroxyl groups excluding tert-OH is 1. The molecule has 0 aliphatic carbocycles. The van der Waals surface area contributed by atoms with Crippen molar-refractivity contribution in [3.63, 3.8) is 0 Å². The van der Waals surface area contributed by atoms with Gasteiger partial charge in [0.1, 0.15) is 0 Å². The van der Waals surface area contributed by atoms with Crippen molar-refractivity contribution < 1.29 is 14.6 Å². The smallest absolute Gasteiger partial charge is 0.0993 e. The number of rotatable bonds is 9. The standard InChI is InChI=1S/C12H21ClN2O3/c1-3-6-18-7-4-11(16)12-10(13)9-14-15(12)5-8-17-2/h9,11,16H,3-8H2,1-2H3. The van der Waals surface area contributed by atoms with Crippen molar-refractivity contribution in [1.29, 1.82) is 0 Å². The van der Waals surface area contributed by atoms with Gasteiger partial charge in [0, 0.05) is 26.7 Å². The SMILES string of the molecule is CCCOCCC(O)c1c(Cl)cnn1CCOC. The summed E-state index contributed by atoms with van der Waals surface area (Å²) >= 11 is 6.03. The van der Waals surface area contributed by atoms with Crippen LogP contribution in [0.3, 0.4) is 0 Å². The second-order valence-corrected chi connectivity index (χ2v) is 4.42. The summed E-state index contributed by atoms with van der Waals surface area (Å²) in [5.41, 5.74) is 0.633. The molecule has 1 N–H and O–H groups in total. The van der Waals surface area contributed by atoms with Gasteiger partial charge in [-0.05, 0) is 6.42 Å². The van der Waals surface area contributed by atoms with Crippen LogP contribution in [0.4, 0.5) is 0 Å². The Morgan fingerprint density at radius 3 is 2.89 bits per heavy atom. The number of aliphatic hydroxyl groups is 1. The molecule has 1 rings (SSSR count). The Bertz CT molecular complexity index is 344. The maximum atomic E-state index is 10.1. The fourth-order valence-electron chi connectivity index (χ4n) is 1.64. The Kier molecular flexibility index (Phi) is 7.27. The van der Waals surface area contributed by atoms with Crippen LogP contribution in [-0.2, 0) is 16.0 Å². The topological polar surface area (TPSA) is 56.5 Å². The Labute approximate surface area is 113 Å². The molecular formula is C12H21ClN2O3. The summed E-state index contributed by atoms with van der Waals surface area (Å²) < 4.78 is 12.0. The highest BCUT2D eigenvalue weighted by atomic mass is 35.5. The number of halogens is 1. The molecule has 6 heteroatoms. The van der Waals surface area contributed by atoms with E-state index >= 15 is 0 Å². The van der Waals surface area contributed by atoms with Crippen molar-refractivity contribution in [2.24, 2.45) is 0 Å². The van der Waals surface area contributed by atoms with Crippen LogP contribution < -0.4 is 0 Å². The zero-order chi connectivity index (χ0) is 13.4. The summed E-state index contributed by atoms with van der Waals surface area (Å²) in [6.45, 7) is 4.38. The molecular weight excluding hydrogens is 256 g/mol. The molecule has 1 aromatic rings. The highest BCUT2D eigenvalue weighted by molar-refractivity contribution is 6.31. The molecule has 0 aliphatic rings. The lowest BCUT2D eigenvalue weighted by Gasteiger charge is -2.14. The lowest BCUT2D eigenvalue weighted by Crippen LogP contribution is -2.14. The minimum atomic E-state index is -0.659. The third kappa shape index (κ3) is 4.57. The average molecular weight is 277 g/mol. The second-order valence-electron chi connectivity index (χ2n) is 4.01. The Balaban J connectivity index is 2.54. The summed E-state index contributed by atoms with van der Waals surface area (Å²) in [7, 11) is 1.62. The van der Waals surface area contributed by atoms with Gasteiger partial charge in [-0.15, -0.1) is 0 Å². The minimum absolute atomic E-state index is 0.481. The summed E-state index contributed by atoms with van der Waals surface area (Å²) in [4.78, 5) is 0. The van der Waals surface area contributed by atoms with Gasteiger partial charge in [-0.2, -0.15) is 5.10 Å². The number of ether oxygens (including phenoxy) is 2. The van der Waals surface area contributed by atoms with Crippen molar-refractivity contribution in [3.05, 3.63) is 16.9 Å².